The Bertz CT molecular complexity index is 1030. The number of nitrogens with one attached hydrogen (secondary N) is 2. The number of pyridine rings is 1. The lowest BCUT2D eigenvalue weighted by Gasteiger charge is -2.12. The zero-order valence-electron chi connectivity index (χ0n) is 16.7. The first-order valence-electron chi connectivity index (χ1n) is 9.25. The lowest BCUT2D eigenvalue weighted by Crippen LogP contribution is -2.21. The number of carbonyl (C=O) groups is 2. The predicted octanol–water partition coefficient (Wildman–Crippen LogP) is 4.28. The molecule has 0 aliphatic carbocycles. The first kappa shape index (κ1) is 20.1. The number of hydrogen-bond acceptors (Lipinski definition) is 4. The molecule has 1 aromatic heterocycles. The van der Waals surface area contributed by atoms with Gasteiger partial charge in [-0.2, -0.15) is 0 Å². The molecule has 148 valence electrons. The maximum absolute atomic E-state index is 12.5. The fraction of sp³-hybridized carbons (Fsp3) is 0.174. The highest BCUT2D eigenvalue weighted by molar-refractivity contribution is 6.05. The summed E-state index contributed by atoms with van der Waals surface area (Å²) in [6.45, 7) is 5.68. The van der Waals surface area contributed by atoms with E-state index >= 15 is 0 Å². The topological polar surface area (TPSA) is 80.3 Å². The van der Waals surface area contributed by atoms with Crippen LogP contribution in [0.3, 0.4) is 0 Å². The molecule has 3 rings (SSSR count). The zero-order chi connectivity index (χ0) is 20.8. The number of amides is 2. The number of aryl methyl sites for hydroxylation is 3. The Kier molecular flexibility index (Phi) is 6.24. The van der Waals surface area contributed by atoms with E-state index in [-0.39, 0.29) is 18.4 Å². The number of anilines is 2. The quantitative estimate of drug-likeness (QED) is 0.660. The third kappa shape index (κ3) is 5.42. The molecule has 1 heterocycles. The normalized spacial score (nSPS) is 10.3. The number of aromatic nitrogens is 1. The first-order chi connectivity index (χ1) is 13.9. The van der Waals surface area contributed by atoms with Crippen LogP contribution >= 0.6 is 0 Å². The summed E-state index contributed by atoms with van der Waals surface area (Å²) in [5, 5.41) is 5.51. The Balaban J connectivity index is 1.61. The van der Waals surface area contributed by atoms with Crippen LogP contribution < -0.4 is 15.4 Å². The van der Waals surface area contributed by atoms with E-state index in [4.69, 9.17) is 4.74 Å². The zero-order valence-corrected chi connectivity index (χ0v) is 16.7. The number of rotatable bonds is 6. The molecule has 0 aliphatic heterocycles. The molecule has 3 aromatic rings. The molecule has 2 N–H and O–H groups in total. The van der Waals surface area contributed by atoms with Crippen molar-refractivity contribution in [2.75, 3.05) is 17.2 Å². The third-order valence-corrected chi connectivity index (χ3v) is 4.32. The van der Waals surface area contributed by atoms with Gasteiger partial charge in [-0.25, -0.2) is 4.98 Å². The minimum Gasteiger partial charge on any atom is -0.483 e. The van der Waals surface area contributed by atoms with Crippen molar-refractivity contribution in [1.29, 1.82) is 0 Å². The van der Waals surface area contributed by atoms with Crippen molar-refractivity contribution in [3.63, 3.8) is 0 Å². The van der Waals surface area contributed by atoms with Gasteiger partial charge < -0.3 is 15.4 Å². The summed E-state index contributed by atoms with van der Waals surface area (Å²) in [6.07, 6.45) is 1.64. The van der Waals surface area contributed by atoms with Crippen molar-refractivity contribution in [2.45, 2.75) is 20.8 Å². The third-order valence-electron chi connectivity index (χ3n) is 4.32. The van der Waals surface area contributed by atoms with Crippen LogP contribution in [0.15, 0.2) is 60.8 Å². The van der Waals surface area contributed by atoms with E-state index in [2.05, 4.69) is 15.6 Å². The van der Waals surface area contributed by atoms with Crippen LogP contribution in [0.1, 0.15) is 27.0 Å². The van der Waals surface area contributed by atoms with Crippen molar-refractivity contribution in [3.05, 3.63) is 83.0 Å². The molecule has 0 saturated carbocycles. The maximum atomic E-state index is 12.5. The van der Waals surface area contributed by atoms with Crippen LogP contribution in [-0.2, 0) is 4.79 Å². The first-order valence-corrected chi connectivity index (χ1v) is 9.25. The Morgan fingerprint density at radius 3 is 2.38 bits per heavy atom. The monoisotopic (exact) mass is 389 g/mol. The summed E-state index contributed by atoms with van der Waals surface area (Å²) in [5.41, 5.74) is 3.88. The molecule has 0 fully saturated rings. The SMILES string of the molecule is Cc1ccnc(NC(=O)c2cccc(NC(=O)COc3c(C)cccc3C)c2)c1. The van der Waals surface area contributed by atoms with Crippen molar-refractivity contribution >= 4 is 23.3 Å². The highest BCUT2D eigenvalue weighted by atomic mass is 16.5. The van der Waals surface area contributed by atoms with Gasteiger partial charge in [-0.3, -0.25) is 9.59 Å². The van der Waals surface area contributed by atoms with Gasteiger partial charge in [0, 0.05) is 17.4 Å². The van der Waals surface area contributed by atoms with Gasteiger partial charge in [0.1, 0.15) is 11.6 Å². The second kappa shape index (κ2) is 9.01. The predicted molar refractivity (Wildman–Crippen MR) is 113 cm³/mol. The van der Waals surface area contributed by atoms with Gasteiger partial charge in [-0.1, -0.05) is 24.3 Å². The summed E-state index contributed by atoms with van der Waals surface area (Å²) in [7, 11) is 0. The smallest absolute Gasteiger partial charge is 0.262 e. The van der Waals surface area contributed by atoms with Gasteiger partial charge in [-0.15, -0.1) is 0 Å². The molecule has 0 spiro atoms. The van der Waals surface area contributed by atoms with Crippen LogP contribution in [0, 0.1) is 20.8 Å². The standard InChI is InChI=1S/C23H23N3O3/c1-15-10-11-24-20(12-15)26-23(28)18-8-5-9-19(13-18)25-21(27)14-29-22-16(2)6-4-7-17(22)3/h4-13H,14H2,1-3H3,(H,25,27)(H,24,26,28). The number of ether oxygens (including phenoxy) is 1. The van der Waals surface area contributed by atoms with Crippen LogP contribution in [0.5, 0.6) is 5.75 Å². The van der Waals surface area contributed by atoms with Gasteiger partial charge in [0.15, 0.2) is 6.61 Å². The van der Waals surface area contributed by atoms with Crippen LogP contribution in [-0.4, -0.2) is 23.4 Å². The van der Waals surface area contributed by atoms with Gasteiger partial charge in [0.25, 0.3) is 11.8 Å². The molecule has 6 heteroatoms. The number of benzene rings is 2. The highest BCUT2D eigenvalue weighted by Gasteiger charge is 2.11. The van der Waals surface area contributed by atoms with E-state index in [1.54, 1.807) is 36.5 Å². The molecular formula is C23H23N3O3. The lowest BCUT2D eigenvalue weighted by molar-refractivity contribution is -0.118. The Labute approximate surface area is 169 Å². The Morgan fingerprint density at radius 1 is 0.931 bits per heavy atom. The van der Waals surface area contributed by atoms with Crippen LogP contribution in [0.2, 0.25) is 0 Å². The van der Waals surface area contributed by atoms with E-state index < -0.39 is 0 Å². The lowest BCUT2D eigenvalue weighted by atomic mass is 10.1. The Morgan fingerprint density at radius 2 is 1.66 bits per heavy atom. The molecule has 2 amide bonds. The second-order valence-corrected chi connectivity index (χ2v) is 6.81. The van der Waals surface area contributed by atoms with Crippen molar-refractivity contribution < 1.29 is 14.3 Å². The van der Waals surface area contributed by atoms with E-state index in [1.165, 1.54) is 0 Å². The number of hydrogen-bond donors (Lipinski definition) is 2. The van der Waals surface area contributed by atoms with Crippen molar-refractivity contribution in [3.8, 4) is 5.75 Å². The minimum absolute atomic E-state index is 0.116. The molecule has 0 atom stereocenters. The molecule has 0 radical (unpaired) electrons. The molecule has 6 nitrogen and oxygen atoms in total. The summed E-state index contributed by atoms with van der Waals surface area (Å²) in [4.78, 5) is 28.9. The maximum Gasteiger partial charge on any atom is 0.262 e. The molecular weight excluding hydrogens is 366 g/mol. The summed E-state index contributed by atoms with van der Waals surface area (Å²) in [5.74, 6) is 0.587. The van der Waals surface area contributed by atoms with E-state index in [0.717, 1.165) is 16.7 Å². The largest absolute Gasteiger partial charge is 0.483 e. The molecule has 0 saturated heterocycles. The van der Waals surface area contributed by atoms with Gasteiger partial charge in [0.05, 0.1) is 0 Å². The van der Waals surface area contributed by atoms with Gasteiger partial charge in [0.2, 0.25) is 0 Å². The minimum atomic E-state index is -0.300. The number of para-hydroxylation sites is 1. The van der Waals surface area contributed by atoms with Crippen molar-refractivity contribution in [2.24, 2.45) is 0 Å². The highest BCUT2D eigenvalue weighted by Crippen LogP contribution is 2.22. The van der Waals surface area contributed by atoms with Crippen molar-refractivity contribution in [1.82, 2.24) is 4.98 Å². The number of carbonyl (C=O) groups excluding carboxylic acids is 2. The summed E-state index contributed by atoms with van der Waals surface area (Å²) < 4.78 is 5.67. The molecule has 0 unspecified atom stereocenters. The van der Waals surface area contributed by atoms with Crippen LogP contribution in [0.25, 0.3) is 0 Å². The molecule has 0 bridgehead atoms. The average molecular weight is 389 g/mol. The summed E-state index contributed by atoms with van der Waals surface area (Å²) in [6, 6.07) is 16.2. The van der Waals surface area contributed by atoms with E-state index in [9.17, 15) is 9.59 Å². The second-order valence-electron chi connectivity index (χ2n) is 6.81. The van der Waals surface area contributed by atoms with Crippen LogP contribution in [0.4, 0.5) is 11.5 Å². The van der Waals surface area contributed by atoms with E-state index in [0.29, 0.717) is 22.8 Å². The Hall–Kier alpha value is -3.67. The number of nitrogens with zero attached hydrogens (tertiary/aromatic N) is 1. The summed E-state index contributed by atoms with van der Waals surface area (Å²) >= 11 is 0. The van der Waals surface area contributed by atoms with Gasteiger partial charge >= 0.3 is 0 Å². The average Bonchev–Trinajstić information content (AvgIpc) is 2.68. The molecule has 0 aliphatic rings. The molecule has 29 heavy (non-hydrogen) atoms. The van der Waals surface area contributed by atoms with E-state index in [1.807, 2.05) is 45.0 Å². The molecule has 2 aromatic carbocycles. The fourth-order valence-electron chi connectivity index (χ4n) is 2.89. The van der Waals surface area contributed by atoms with Gasteiger partial charge in [-0.05, 0) is 67.8 Å². The fourth-order valence-corrected chi connectivity index (χ4v) is 2.89.